The van der Waals surface area contributed by atoms with Gasteiger partial charge >= 0.3 is 0 Å². The van der Waals surface area contributed by atoms with Gasteiger partial charge in [-0.25, -0.2) is 4.98 Å². The Morgan fingerprint density at radius 2 is 2.29 bits per heavy atom. The number of hydrogen-bond donors (Lipinski definition) is 0. The van der Waals surface area contributed by atoms with E-state index in [1.807, 2.05) is 11.6 Å². The van der Waals surface area contributed by atoms with Gasteiger partial charge in [-0.3, -0.25) is 4.90 Å². The molecule has 3 heteroatoms. The van der Waals surface area contributed by atoms with Gasteiger partial charge in [0.15, 0.2) is 0 Å². The summed E-state index contributed by atoms with van der Waals surface area (Å²) in [7, 11) is 0. The smallest absolute Gasteiger partial charge is 0.116 e. The standard InChI is InChI=1S/C11H14N2S/c1-4-13-5-2-9(1)10(8-13)7-11-12-3-6-14-11/h3,6-7,9H,1-2,4-5,8H2. The Labute approximate surface area is 88.3 Å². The summed E-state index contributed by atoms with van der Waals surface area (Å²) in [6.07, 6.45) is 6.91. The molecule has 4 rings (SSSR count). The van der Waals surface area contributed by atoms with Crippen LogP contribution in [0.4, 0.5) is 0 Å². The fourth-order valence-corrected chi connectivity index (χ4v) is 3.08. The van der Waals surface area contributed by atoms with Crippen molar-refractivity contribution < 1.29 is 0 Å². The maximum Gasteiger partial charge on any atom is 0.116 e. The minimum atomic E-state index is 0.851. The number of nitrogens with zero attached hydrogens (tertiary/aromatic N) is 2. The van der Waals surface area contributed by atoms with Gasteiger partial charge in [0.05, 0.1) is 0 Å². The van der Waals surface area contributed by atoms with E-state index < -0.39 is 0 Å². The molecule has 0 N–H and O–H groups in total. The normalized spacial score (nSPS) is 33.9. The van der Waals surface area contributed by atoms with Crippen molar-refractivity contribution in [2.75, 3.05) is 19.6 Å². The number of fused-ring (bicyclic) bond motifs is 3. The lowest BCUT2D eigenvalue weighted by atomic mass is 9.84. The molecule has 3 saturated heterocycles. The first kappa shape index (κ1) is 8.62. The van der Waals surface area contributed by atoms with Crippen molar-refractivity contribution in [3.05, 3.63) is 22.2 Å². The third kappa shape index (κ3) is 1.51. The summed E-state index contributed by atoms with van der Waals surface area (Å²) in [6.45, 7) is 3.80. The van der Waals surface area contributed by atoms with Crippen molar-refractivity contribution in [3.8, 4) is 0 Å². The van der Waals surface area contributed by atoms with E-state index in [-0.39, 0.29) is 0 Å². The maximum atomic E-state index is 4.32. The first-order valence-corrected chi connectivity index (χ1v) is 6.12. The van der Waals surface area contributed by atoms with Crippen LogP contribution in [-0.2, 0) is 0 Å². The Kier molecular flexibility index (Phi) is 2.14. The van der Waals surface area contributed by atoms with Crippen LogP contribution in [0.3, 0.4) is 0 Å². The average molecular weight is 206 g/mol. The third-order valence-electron chi connectivity index (χ3n) is 3.28. The molecule has 14 heavy (non-hydrogen) atoms. The molecule has 1 aromatic rings. The second-order valence-electron chi connectivity index (χ2n) is 4.14. The summed E-state index contributed by atoms with van der Waals surface area (Å²) in [5.41, 5.74) is 1.61. The fourth-order valence-electron chi connectivity index (χ4n) is 2.48. The molecule has 3 aliphatic rings. The van der Waals surface area contributed by atoms with Gasteiger partial charge in [-0.05, 0) is 37.9 Å². The van der Waals surface area contributed by atoms with E-state index in [1.54, 1.807) is 16.9 Å². The first-order valence-electron chi connectivity index (χ1n) is 5.24. The molecule has 3 fully saturated rings. The van der Waals surface area contributed by atoms with Gasteiger partial charge in [-0.15, -0.1) is 11.3 Å². The molecule has 4 heterocycles. The predicted octanol–water partition coefficient (Wildman–Crippen LogP) is 2.25. The number of aromatic nitrogens is 1. The molecule has 0 amide bonds. The van der Waals surface area contributed by atoms with E-state index in [2.05, 4.69) is 16.0 Å². The molecule has 0 aromatic carbocycles. The number of piperidine rings is 3. The molecular weight excluding hydrogens is 192 g/mol. The van der Waals surface area contributed by atoms with Crippen molar-refractivity contribution in [2.24, 2.45) is 5.92 Å². The van der Waals surface area contributed by atoms with Gasteiger partial charge in [0, 0.05) is 18.1 Å². The molecule has 74 valence electrons. The second kappa shape index (κ2) is 3.48. The van der Waals surface area contributed by atoms with Crippen LogP contribution in [0.15, 0.2) is 17.2 Å². The summed E-state index contributed by atoms with van der Waals surface area (Å²) >= 11 is 1.74. The van der Waals surface area contributed by atoms with Gasteiger partial charge < -0.3 is 0 Å². The summed E-state index contributed by atoms with van der Waals surface area (Å²) in [6, 6.07) is 0. The largest absolute Gasteiger partial charge is 0.299 e. The molecule has 1 aromatic heterocycles. The average Bonchev–Trinajstić information content (AvgIpc) is 2.72. The van der Waals surface area contributed by atoms with Crippen LogP contribution in [0.1, 0.15) is 17.8 Å². The van der Waals surface area contributed by atoms with Gasteiger partial charge in [0.2, 0.25) is 0 Å². The van der Waals surface area contributed by atoms with Crippen LogP contribution in [0.2, 0.25) is 0 Å². The van der Waals surface area contributed by atoms with Gasteiger partial charge in [-0.1, -0.05) is 5.57 Å². The minimum Gasteiger partial charge on any atom is -0.299 e. The van der Waals surface area contributed by atoms with Crippen molar-refractivity contribution >= 4 is 17.4 Å². The Morgan fingerprint density at radius 1 is 1.43 bits per heavy atom. The Morgan fingerprint density at radius 3 is 2.86 bits per heavy atom. The highest BCUT2D eigenvalue weighted by molar-refractivity contribution is 7.10. The van der Waals surface area contributed by atoms with Crippen LogP contribution in [0.5, 0.6) is 0 Å². The highest BCUT2D eigenvalue weighted by atomic mass is 32.1. The Balaban J connectivity index is 1.85. The first-order chi connectivity index (χ1) is 6.92. The quantitative estimate of drug-likeness (QED) is 0.700. The van der Waals surface area contributed by atoms with Crippen molar-refractivity contribution in [3.63, 3.8) is 0 Å². The zero-order chi connectivity index (χ0) is 9.38. The van der Waals surface area contributed by atoms with Crippen LogP contribution >= 0.6 is 11.3 Å². The van der Waals surface area contributed by atoms with E-state index in [1.165, 1.54) is 37.5 Å². The van der Waals surface area contributed by atoms with Crippen molar-refractivity contribution in [1.29, 1.82) is 0 Å². The van der Waals surface area contributed by atoms with E-state index in [9.17, 15) is 0 Å². The zero-order valence-corrected chi connectivity index (χ0v) is 8.96. The number of thiazole rings is 1. The predicted molar refractivity (Wildman–Crippen MR) is 59.3 cm³/mol. The zero-order valence-electron chi connectivity index (χ0n) is 8.15. The molecule has 0 aliphatic carbocycles. The molecule has 2 nitrogen and oxygen atoms in total. The van der Waals surface area contributed by atoms with E-state index in [0.717, 1.165) is 5.92 Å². The number of rotatable bonds is 1. The van der Waals surface area contributed by atoms with E-state index >= 15 is 0 Å². The second-order valence-corrected chi connectivity index (χ2v) is 5.07. The lowest BCUT2D eigenvalue weighted by Crippen LogP contribution is -2.42. The third-order valence-corrected chi connectivity index (χ3v) is 4.00. The summed E-state index contributed by atoms with van der Waals surface area (Å²) in [5.74, 6) is 0.851. The van der Waals surface area contributed by atoms with Crippen LogP contribution < -0.4 is 0 Å². The maximum absolute atomic E-state index is 4.32. The van der Waals surface area contributed by atoms with Gasteiger partial charge in [0.1, 0.15) is 5.01 Å². The topological polar surface area (TPSA) is 16.1 Å². The Hall–Kier alpha value is -0.670. The Bertz CT molecular complexity index is 334. The highest BCUT2D eigenvalue weighted by Gasteiger charge is 2.29. The highest BCUT2D eigenvalue weighted by Crippen LogP contribution is 2.32. The fraction of sp³-hybridized carbons (Fsp3) is 0.545. The van der Waals surface area contributed by atoms with Crippen LogP contribution in [0.25, 0.3) is 6.08 Å². The molecule has 0 radical (unpaired) electrons. The summed E-state index contributed by atoms with van der Waals surface area (Å²) < 4.78 is 0. The molecule has 2 bridgehead atoms. The molecule has 3 aliphatic heterocycles. The summed E-state index contributed by atoms with van der Waals surface area (Å²) in [4.78, 5) is 6.87. The number of hydrogen-bond acceptors (Lipinski definition) is 3. The van der Waals surface area contributed by atoms with Gasteiger partial charge in [0.25, 0.3) is 0 Å². The van der Waals surface area contributed by atoms with E-state index in [4.69, 9.17) is 0 Å². The van der Waals surface area contributed by atoms with Gasteiger partial charge in [-0.2, -0.15) is 0 Å². The SMILES string of the molecule is C(=C1CN2CCC1CC2)c1nccs1. The molecule has 0 spiro atoms. The molecule has 0 saturated carbocycles. The van der Waals surface area contributed by atoms with E-state index in [0.29, 0.717) is 0 Å². The molecule has 0 atom stereocenters. The molecular formula is C11H14N2S. The summed E-state index contributed by atoms with van der Waals surface area (Å²) in [5, 5.41) is 3.22. The monoisotopic (exact) mass is 206 g/mol. The molecule has 0 unspecified atom stereocenters. The van der Waals surface area contributed by atoms with Crippen LogP contribution in [0, 0.1) is 5.92 Å². The lowest BCUT2D eigenvalue weighted by molar-refractivity contribution is 0.163. The van der Waals surface area contributed by atoms with Crippen LogP contribution in [-0.4, -0.2) is 29.5 Å². The van der Waals surface area contributed by atoms with Crippen molar-refractivity contribution in [2.45, 2.75) is 12.8 Å². The lowest BCUT2D eigenvalue weighted by Gasteiger charge is -2.40. The minimum absolute atomic E-state index is 0.851. The van der Waals surface area contributed by atoms with Crippen molar-refractivity contribution in [1.82, 2.24) is 9.88 Å².